The highest BCUT2D eigenvalue weighted by Crippen LogP contribution is 2.41. The van der Waals surface area contributed by atoms with E-state index in [1.807, 2.05) is 4.90 Å². The lowest BCUT2D eigenvalue weighted by atomic mass is 9.77. The fraction of sp³-hybridized carbons (Fsp3) is 0.526. The summed E-state index contributed by atoms with van der Waals surface area (Å²) in [5.74, 6) is 1.25. The summed E-state index contributed by atoms with van der Waals surface area (Å²) in [6.45, 7) is 3.53. The van der Waals surface area contributed by atoms with E-state index in [0.29, 0.717) is 24.0 Å². The summed E-state index contributed by atoms with van der Waals surface area (Å²) in [5, 5.41) is 16.7. The number of thioether (sulfide) groups is 1. The van der Waals surface area contributed by atoms with Gasteiger partial charge in [0, 0.05) is 23.4 Å². The second kappa shape index (κ2) is 7.66. The van der Waals surface area contributed by atoms with Crippen LogP contribution in [0.25, 0.3) is 10.2 Å². The predicted molar refractivity (Wildman–Crippen MR) is 111 cm³/mol. The van der Waals surface area contributed by atoms with Gasteiger partial charge in [-0.15, -0.1) is 11.3 Å². The van der Waals surface area contributed by atoms with E-state index in [4.69, 9.17) is 0 Å². The van der Waals surface area contributed by atoms with Crippen molar-refractivity contribution in [1.29, 1.82) is 0 Å². The van der Waals surface area contributed by atoms with E-state index < -0.39 is 6.10 Å². The smallest absolute Gasteiger partial charge is 0.233 e. The van der Waals surface area contributed by atoms with Crippen LogP contribution in [0.3, 0.4) is 0 Å². The maximum absolute atomic E-state index is 12.9. The van der Waals surface area contributed by atoms with Gasteiger partial charge in [-0.25, -0.2) is 19.6 Å². The molecule has 10 heteroatoms. The van der Waals surface area contributed by atoms with Crippen LogP contribution in [-0.4, -0.2) is 65.6 Å². The molecule has 1 amide bonds. The van der Waals surface area contributed by atoms with Gasteiger partial charge in [0.1, 0.15) is 28.8 Å². The van der Waals surface area contributed by atoms with E-state index in [9.17, 15) is 9.90 Å². The normalized spacial score (nSPS) is 26.8. The molecule has 2 aliphatic rings. The summed E-state index contributed by atoms with van der Waals surface area (Å²) in [5.41, 5.74) is 0. The van der Waals surface area contributed by atoms with Crippen molar-refractivity contribution in [2.24, 2.45) is 11.8 Å². The molecule has 0 unspecified atom stereocenters. The van der Waals surface area contributed by atoms with E-state index in [1.54, 1.807) is 28.7 Å². The molecule has 4 heterocycles. The molecule has 3 aromatic heterocycles. The number of hydrogen-bond acceptors (Lipinski definition) is 8. The lowest BCUT2D eigenvalue weighted by Gasteiger charge is -2.34. The number of hydrogen-bond donors (Lipinski definition) is 1. The van der Waals surface area contributed by atoms with Crippen molar-refractivity contribution in [2.75, 3.05) is 18.8 Å². The Morgan fingerprint density at radius 3 is 2.90 bits per heavy atom. The van der Waals surface area contributed by atoms with Gasteiger partial charge < -0.3 is 10.0 Å². The number of aryl methyl sites for hydroxylation is 1. The maximum Gasteiger partial charge on any atom is 0.233 e. The number of amides is 1. The van der Waals surface area contributed by atoms with Gasteiger partial charge in [0.05, 0.1) is 17.9 Å². The first-order chi connectivity index (χ1) is 14.1. The Morgan fingerprint density at radius 1 is 1.28 bits per heavy atom. The van der Waals surface area contributed by atoms with Gasteiger partial charge in [-0.1, -0.05) is 11.8 Å². The number of nitrogens with zero attached hydrogens (tertiary/aromatic N) is 6. The summed E-state index contributed by atoms with van der Waals surface area (Å²) in [4.78, 5) is 29.7. The summed E-state index contributed by atoms with van der Waals surface area (Å²) < 4.78 is 1.75. The molecule has 1 saturated heterocycles. The van der Waals surface area contributed by atoms with E-state index in [1.165, 1.54) is 23.0 Å². The molecule has 0 radical (unpaired) electrons. The van der Waals surface area contributed by atoms with Crippen LogP contribution in [0.4, 0.5) is 0 Å². The average Bonchev–Trinajstić information content (AvgIpc) is 3.43. The summed E-state index contributed by atoms with van der Waals surface area (Å²) >= 11 is 3.13. The second-order valence-electron chi connectivity index (χ2n) is 7.84. The van der Waals surface area contributed by atoms with Crippen molar-refractivity contribution in [3.63, 3.8) is 0 Å². The quantitative estimate of drug-likeness (QED) is 0.500. The molecule has 152 valence electrons. The lowest BCUT2D eigenvalue weighted by molar-refractivity contribution is -0.127. The summed E-state index contributed by atoms with van der Waals surface area (Å²) in [6, 6.07) is 2.03. The first-order valence-electron chi connectivity index (χ1n) is 9.72. The summed E-state index contributed by atoms with van der Waals surface area (Å²) in [7, 11) is 0. The van der Waals surface area contributed by atoms with Crippen LogP contribution in [0.2, 0.25) is 0 Å². The highest BCUT2D eigenvalue weighted by molar-refractivity contribution is 8.00. The van der Waals surface area contributed by atoms with E-state index >= 15 is 0 Å². The van der Waals surface area contributed by atoms with Crippen LogP contribution >= 0.6 is 23.1 Å². The van der Waals surface area contributed by atoms with Crippen LogP contribution in [0.5, 0.6) is 0 Å². The molecule has 0 aromatic carbocycles. The standard InChI is InChI=1S/C19H22N6O2S2/c1-11-2-14-18(21-9-22-19(14)29-11)28-7-17(27)24-5-12-3-15(25-10-20-8-23-25)16(26)4-13(12)6-24/h2,8-10,12-13,15-16,26H,3-7H2,1H3/t12-,13+,15-,16-/m1/s1. The minimum atomic E-state index is -0.446. The predicted octanol–water partition coefficient (Wildman–Crippen LogP) is 2.15. The Labute approximate surface area is 176 Å². The van der Waals surface area contributed by atoms with E-state index in [2.05, 4.69) is 33.0 Å². The van der Waals surface area contributed by atoms with Crippen molar-refractivity contribution in [3.8, 4) is 0 Å². The second-order valence-corrected chi connectivity index (χ2v) is 10.0. The Hall–Kier alpha value is -2.04. The molecular formula is C19H22N6O2S2. The van der Waals surface area contributed by atoms with Crippen LogP contribution in [0.1, 0.15) is 23.8 Å². The summed E-state index contributed by atoms with van der Waals surface area (Å²) in [6.07, 6.45) is 5.82. The van der Waals surface area contributed by atoms with Gasteiger partial charge in [0.2, 0.25) is 5.91 Å². The van der Waals surface area contributed by atoms with Gasteiger partial charge in [0.15, 0.2) is 0 Å². The van der Waals surface area contributed by atoms with Gasteiger partial charge in [-0.05, 0) is 37.7 Å². The molecule has 0 bridgehead atoms. The Bertz CT molecular complexity index is 1020. The molecule has 29 heavy (non-hydrogen) atoms. The van der Waals surface area contributed by atoms with Crippen LogP contribution < -0.4 is 0 Å². The fourth-order valence-electron chi connectivity index (χ4n) is 4.57. The zero-order chi connectivity index (χ0) is 20.0. The number of likely N-dealkylation sites (tertiary alicyclic amines) is 1. The highest BCUT2D eigenvalue weighted by Gasteiger charge is 2.43. The molecular weight excluding hydrogens is 408 g/mol. The number of carbonyl (C=O) groups is 1. The lowest BCUT2D eigenvalue weighted by Crippen LogP contribution is -2.36. The number of thiophene rings is 1. The minimum Gasteiger partial charge on any atom is -0.391 e. The molecule has 1 aliphatic carbocycles. The third-order valence-electron chi connectivity index (χ3n) is 5.99. The molecule has 4 atom stereocenters. The largest absolute Gasteiger partial charge is 0.391 e. The number of fused-ring (bicyclic) bond motifs is 2. The van der Waals surface area contributed by atoms with E-state index in [0.717, 1.165) is 34.8 Å². The monoisotopic (exact) mass is 430 g/mol. The Morgan fingerprint density at radius 2 is 2.10 bits per heavy atom. The number of rotatable bonds is 4. The van der Waals surface area contributed by atoms with Gasteiger partial charge in [-0.2, -0.15) is 5.10 Å². The molecule has 1 aliphatic heterocycles. The molecule has 3 aromatic rings. The topological polar surface area (TPSA) is 97.0 Å². The molecule has 8 nitrogen and oxygen atoms in total. The Balaban J connectivity index is 1.23. The third kappa shape index (κ3) is 3.64. The minimum absolute atomic E-state index is 0.0562. The molecule has 1 saturated carbocycles. The Kier molecular flexibility index (Phi) is 5.00. The first-order valence-corrected chi connectivity index (χ1v) is 11.5. The fourth-order valence-corrected chi connectivity index (χ4v) is 6.36. The van der Waals surface area contributed by atoms with Crippen LogP contribution in [-0.2, 0) is 4.79 Å². The number of aromatic nitrogens is 5. The van der Waals surface area contributed by atoms with Crippen molar-refractivity contribution < 1.29 is 9.90 Å². The molecule has 1 N–H and O–H groups in total. The maximum atomic E-state index is 12.9. The number of carbonyl (C=O) groups excluding carboxylic acids is 1. The number of aliphatic hydroxyl groups is 1. The van der Waals surface area contributed by atoms with E-state index in [-0.39, 0.29) is 11.9 Å². The van der Waals surface area contributed by atoms with Crippen molar-refractivity contribution in [2.45, 2.75) is 36.9 Å². The first kappa shape index (κ1) is 19.0. The van der Waals surface area contributed by atoms with Crippen molar-refractivity contribution in [3.05, 3.63) is 29.9 Å². The molecule has 5 rings (SSSR count). The third-order valence-corrected chi connectivity index (χ3v) is 7.94. The van der Waals surface area contributed by atoms with Gasteiger partial charge in [0.25, 0.3) is 0 Å². The zero-order valence-corrected chi connectivity index (χ0v) is 17.6. The van der Waals surface area contributed by atoms with Crippen LogP contribution in [0.15, 0.2) is 30.1 Å². The van der Waals surface area contributed by atoms with Crippen LogP contribution in [0, 0.1) is 18.8 Å². The van der Waals surface area contributed by atoms with Gasteiger partial charge in [-0.3, -0.25) is 4.79 Å². The van der Waals surface area contributed by atoms with Crippen molar-refractivity contribution in [1.82, 2.24) is 29.6 Å². The zero-order valence-electron chi connectivity index (χ0n) is 16.0. The number of aliphatic hydroxyl groups excluding tert-OH is 1. The van der Waals surface area contributed by atoms with Gasteiger partial charge >= 0.3 is 0 Å². The SMILES string of the molecule is Cc1cc2c(SCC(=O)N3C[C@H]4C[C@@H](n5cncn5)[C@H](O)C[C@H]4C3)ncnc2s1. The molecule has 0 spiro atoms. The van der Waals surface area contributed by atoms with Crippen molar-refractivity contribution >= 4 is 39.2 Å². The highest BCUT2D eigenvalue weighted by atomic mass is 32.2. The average molecular weight is 431 g/mol. The molecule has 2 fully saturated rings.